The van der Waals surface area contributed by atoms with Gasteiger partial charge in [-0.15, -0.1) is 6.58 Å². The molecule has 0 radical (unpaired) electrons. The van der Waals surface area contributed by atoms with Gasteiger partial charge in [0.2, 0.25) is 0 Å². The molecule has 7 heteroatoms. The van der Waals surface area contributed by atoms with E-state index in [2.05, 4.69) is 11.1 Å². The van der Waals surface area contributed by atoms with Crippen LogP contribution in [0.3, 0.4) is 0 Å². The van der Waals surface area contributed by atoms with Crippen LogP contribution in [0, 0.1) is 0 Å². The first-order chi connectivity index (χ1) is 5.87. The highest BCUT2D eigenvalue weighted by atomic mass is 31.2. The maximum atomic E-state index is 10.8. The predicted octanol–water partition coefficient (Wildman–Crippen LogP) is -0.398. The predicted molar refractivity (Wildman–Crippen MR) is 43.8 cm³/mol. The average molecular weight is 210 g/mol. The summed E-state index contributed by atoms with van der Waals surface area (Å²) in [6, 6.07) is 0. The fourth-order valence-electron chi connectivity index (χ4n) is 0.539. The normalized spacial score (nSPS) is 13.8. The van der Waals surface area contributed by atoms with E-state index in [4.69, 9.17) is 14.9 Å². The standard InChI is InChI=1S/C6H11O6P/c1-2-3-5(7)6(8)4-12-13(9,10)11/h2,6,8H,1,3-4H2,(H2,9,10,11). The SMILES string of the molecule is C=CCC(=O)C(O)COP(=O)(O)O. The summed E-state index contributed by atoms with van der Waals surface area (Å²) in [5.41, 5.74) is 0. The molecule has 6 nitrogen and oxygen atoms in total. The molecule has 0 aromatic heterocycles. The molecule has 1 unspecified atom stereocenters. The van der Waals surface area contributed by atoms with Crippen molar-refractivity contribution >= 4 is 13.6 Å². The van der Waals surface area contributed by atoms with Crippen molar-refractivity contribution in [3.8, 4) is 0 Å². The maximum Gasteiger partial charge on any atom is 0.469 e. The Bertz CT molecular complexity index is 231. The molecular formula is C6H11O6P. The second kappa shape index (κ2) is 5.26. The summed E-state index contributed by atoms with van der Waals surface area (Å²) in [5.74, 6) is -0.594. The van der Waals surface area contributed by atoms with E-state index >= 15 is 0 Å². The van der Waals surface area contributed by atoms with Crippen LogP contribution >= 0.6 is 7.82 Å². The van der Waals surface area contributed by atoms with Crippen molar-refractivity contribution in [1.29, 1.82) is 0 Å². The number of phosphoric ester groups is 1. The summed E-state index contributed by atoms with van der Waals surface area (Å²) < 4.78 is 14.1. The van der Waals surface area contributed by atoms with Gasteiger partial charge < -0.3 is 14.9 Å². The Kier molecular flexibility index (Phi) is 5.05. The second-order valence-electron chi connectivity index (χ2n) is 2.26. The maximum absolute atomic E-state index is 10.8. The molecule has 0 saturated heterocycles. The van der Waals surface area contributed by atoms with Crippen molar-refractivity contribution in [3.63, 3.8) is 0 Å². The monoisotopic (exact) mass is 210 g/mol. The molecule has 13 heavy (non-hydrogen) atoms. The van der Waals surface area contributed by atoms with Gasteiger partial charge in [0.15, 0.2) is 5.78 Å². The zero-order chi connectivity index (χ0) is 10.5. The molecule has 0 rings (SSSR count). The highest BCUT2D eigenvalue weighted by molar-refractivity contribution is 7.46. The second-order valence-corrected chi connectivity index (χ2v) is 3.50. The summed E-state index contributed by atoms with van der Waals surface area (Å²) in [6.45, 7) is 2.55. The minimum Gasteiger partial charge on any atom is -0.383 e. The highest BCUT2D eigenvalue weighted by Gasteiger charge is 2.20. The van der Waals surface area contributed by atoms with Gasteiger partial charge in [0.05, 0.1) is 6.61 Å². The van der Waals surface area contributed by atoms with Crippen molar-refractivity contribution in [2.75, 3.05) is 6.61 Å². The first-order valence-electron chi connectivity index (χ1n) is 3.38. The van der Waals surface area contributed by atoms with Crippen molar-refractivity contribution in [3.05, 3.63) is 12.7 Å². The molecule has 0 aliphatic rings. The Morgan fingerprint density at radius 2 is 2.15 bits per heavy atom. The van der Waals surface area contributed by atoms with Crippen LogP contribution in [-0.2, 0) is 13.9 Å². The smallest absolute Gasteiger partial charge is 0.383 e. The number of hydrogen-bond acceptors (Lipinski definition) is 4. The van der Waals surface area contributed by atoms with Gasteiger partial charge in [0.1, 0.15) is 6.10 Å². The highest BCUT2D eigenvalue weighted by Crippen LogP contribution is 2.35. The Balaban J connectivity index is 3.87. The lowest BCUT2D eigenvalue weighted by Gasteiger charge is -2.09. The Hall–Kier alpha value is -0.520. The molecule has 3 N–H and O–H groups in total. The summed E-state index contributed by atoms with van der Waals surface area (Å²) in [7, 11) is -4.62. The van der Waals surface area contributed by atoms with Gasteiger partial charge in [0.25, 0.3) is 0 Å². The summed E-state index contributed by atoms with van der Waals surface area (Å²) in [6.07, 6.45) is -0.306. The molecule has 0 spiro atoms. The van der Waals surface area contributed by atoms with E-state index in [0.717, 1.165) is 0 Å². The number of rotatable bonds is 6. The third kappa shape index (κ3) is 6.62. The summed E-state index contributed by atoms with van der Waals surface area (Å²) >= 11 is 0. The quantitative estimate of drug-likeness (QED) is 0.407. The van der Waals surface area contributed by atoms with E-state index in [9.17, 15) is 9.36 Å². The number of aliphatic hydroxyl groups excluding tert-OH is 1. The molecule has 0 saturated carbocycles. The van der Waals surface area contributed by atoms with Crippen molar-refractivity contribution in [1.82, 2.24) is 0 Å². The third-order valence-corrected chi connectivity index (χ3v) is 1.60. The molecule has 0 aromatic rings. The molecule has 0 aliphatic carbocycles. The lowest BCUT2D eigenvalue weighted by atomic mass is 10.2. The van der Waals surface area contributed by atoms with Gasteiger partial charge in [-0.2, -0.15) is 0 Å². The molecule has 1 atom stereocenters. The zero-order valence-electron chi connectivity index (χ0n) is 6.79. The van der Waals surface area contributed by atoms with E-state index in [1.165, 1.54) is 6.08 Å². The van der Waals surface area contributed by atoms with Crippen LogP contribution < -0.4 is 0 Å². The lowest BCUT2D eigenvalue weighted by Crippen LogP contribution is -2.24. The van der Waals surface area contributed by atoms with Gasteiger partial charge in [-0.3, -0.25) is 9.32 Å². The Labute approximate surface area is 75.1 Å². The van der Waals surface area contributed by atoms with Gasteiger partial charge >= 0.3 is 7.82 Å². The topological polar surface area (TPSA) is 104 Å². The lowest BCUT2D eigenvalue weighted by molar-refractivity contribution is -0.127. The van der Waals surface area contributed by atoms with Crippen LogP contribution in [0.1, 0.15) is 6.42 Å². The van der Waals surface area contributed by atoms with Crippen molar-refractivity contribution in [2.24, 2.45) is 0 Å². The Morgan fingerprint density at radius 3 is 2.54 bits per heavy atom. The molecule has 0 bridgehead atoms. The number of phosphoric acid groups is 1. The van der Waals surface area contributed by atoms with Crippen LogP contribution in [-0.4, -0.2) is 33.4 Å². The minimum atomic E-state index is -4.62. The third-order valence-electron chi connectivity index (χ3n) is 1.12. The van der Waals surface area contributed by atoms with Crippen LogP contribution in [0.2, 0.25) is 0 Å². The Morgan fingerprint density at radius 1 is 1.62 bits per heavy atom. The van der Waals surface area contributed by atoms with Crippen LogP contribution in [0.5, 0.6) is 0 Å². The van der Waals surface area contributed by atoms with Crippen LogP contribution in [0.15, 0.2) is 12.7 Å². The number of Topliss-reactive ketones (excluding diaryl/α,β-unsaturated/α-hetero) is 1. The minimum absolute atomic E-state index is 0.0638. The van der Waals surface area contributed by atoms with E-state index in [0.29, 0.717) is 0 Å². The number of allylic oxidation sites excluding steroid dienone is 1. The largest absolute Gasteiger partial charge is 0.469 e. The van der Waals surface area contributed by atoms with Crippen LogP contribution in [0.25, 0.3) is 0 Å². The molecule has 0 amide bonds. The van der Waals surface area contributed by atoms with E-state index in [1.54, 1.807) is 0 Å². The van der Waals surface area contributed by atoms with E-state index in [1.807, 2.05) is 0 Å². The summed E-state index contributed by atoms with van der Waals surface area (Å²) in [4.78, 5) is 27.3. The molecular weight excluding hydrogens is 199 g/mol. The van der Waals surface area contributed by atoms with Crippen molar-refractivity contribution in [2.45, 2.75) is 12.5 Å². The zero-order valence-corrected chi connectivity index (χ0v) is 7.68. The number of aliphatic hydroxyl groups is 1. The number of carbonyl (C=O) groups is 1. The van der Waals surface area contributed by atoms with Gasteiger partial charge in [-0.1, -0.05) is 6.08 Å². The van der Waals surface area contributed by atoms with Crippen molar-refractivity contribution < 1.29 is 28.8 Å². The van der Waals surface area contributed by atoms with Gasteiger partial charge in [-0.05, 0) is 0 Å². The molecule has 0 fully saturated rings. The molecule has 0 aliphatic heterocycles. The number of ketones is 1. The fraction of sp³-hybridized carbons (Fsp3) is 0.500. The fourth-order valence-corrected chi connectivity index (χ4v) is 0.874. The van der Waals surface area contributed by atoms with Gasteiger partial charge in [-0.25, -0.2) is 4.57 Å². The number of carbonyl (C=O) groups excluding carboxylic acids is 1. The molecule has 0 heterocycles. The average Bonchev–Trinajstić information content (AvgIpc) is 1.99. The van der Waals surface area contributed by atoms with Crippen LogP contribution in [0.4, 0.5) is 0 Å². The molecule has 76 valence electrons. The first-order valence-corrected chi connectivity index (χ1v) is 4.91. The number of hydrogen-bond donors (Lipinski definition) is 3. The summed E-state index contributed by atoms with van der Waals surface area (Å²) in [5, 5.41) is 8.95. The molecule has 0 aromatic carbocycles. The van der Waals surface area contributed by atoms with E-state index in [-0.39, 0.29) is 6.42 Å². The van der Waals surface area contributed by atoms with E-state index < -0.39 is 26.3 Å². The first kappa shape index (κ1) is 12.5. The van der Waals surface area contributed by atoms with Gasteiger partial charge in [0, 0.05) is 6.42 Å².